The van der Waals surface area contributed by atoms with E-state index in [-0.39, 0.29) is 5.60 Å². The van der Waals surface area contributed by atoms with Crippen LogP contribution in [0.2, 0.25) is 0 Å². The Morgan fingerprint density at radius 1 is 1.50 bits per heavy atom. The van der Waals surface area contributed by atoms with Crippen molar-refractivity contribution in [1.29, 1.82) is 0 Å². The van der Waals surface area contributed by atoms with Gasteiger partial charge in [-0.2, -0.15) is 0 Å². The second-order valence-corrected chi connectivity index (χ2v) is 5.76. The first kappa shape index (κ1) is 13.8. The van der Waals surface area contributed by atoms with Gasteiger partial charge >= 0.3 is 0 Å². The van der Waals surface area contributed by atoms with Crippen molar-refractivity contribution >= 4 is 21.7 Å². The molecule has 1 unspecified atom stereocenters. The van der Waals surface area contributed by atoms with Crippen molar-refractivity contribution in [2.45, 2.75) is 51.2 Å². The highest BCUT2D eigenvalue weighted by atomic mass is 79.9. The standard InChI is InChI=1S/C14H21BrN2O/c1-3-14(4-2)10-11(7-9-18-14)17-13-12(15)6-5-8-16-13/h5-6,8,11H,3-4,7,9-10H2,1-2H3,(H,16,17). The molecule has 1 fully saturated rings. The third kappa shape index (κ3) is 3.04. The average Bonchev–Trinajstić information content (AvgIpc) is 2.41. The Bertz CT molecular complexity index is 393. The summed E-state index contributed by atoms with van der Waals surface area (Å²) >= 11 is 3.53. The minimum Gasteiger partial charge on any atom is -0.375 e. The molecule has 2 rings (SSSR count). The van der Waals surface area contributed by atoms with Gasteiger partial charge in [-0.15, -0.1) is 0 Å². The number of hydrogen-bond acceptors (Lipinski definition) is 3. The first-order valence-electron chi connectivity index (χ1n) is 6.70. The van der Waals surface area contributed by atoms with Gasteiger partial charge in [0.15, 0.2) is 0 Å². The van der Waals surface area contributed by atoms with E-state index in [0.717, 1.165) is 42.6 Å². The molecule has 100 valence electrons. The summed E-state index contributed by atoms with van der Waals surface area (Å²) in [6.07, 6.45) is 6.07. The molecule has 0 saturated carbocycles. The van der Waals surface area contributed by atoms with Gasteiger partial charge in [0, 0.05) is 18.8 Å². The molecule has 0 amide bonds. The topological polar surface area (TPSA) is 34.2 Å². The second kappa shape index (κ2) is 6.02. The Labute approximate surface area is 117 Å². The number of hydrogen-bond donors (Lipinski definition) is 1. The largest absolute Gasteiger partial charge is 0.375 e. The maximum atomic E-state index is 5.99. The molecule has 1 atom stereocenters. The maximum Gasteiger partial charge on any atom is 0.140 e. The molecule has 18 heavy (non-hydrogen) atoms. The van der Waals surface area contributed by atoms with Crippen LogP contribution in [0.4, 0.5) is 5.82 Å². The zero-order valence-corrected chi connectivity index (χ0v) is 12.7. The van der Waals surface area contributed by atoms with Crippen LogP contribution in [0, 0.1) is 0 Å². The number of pyridine rings is 1. The Balaban J connectivity index is 2.04. The van der Waals surface area contributed by atoms with Gasteiger partial charge in [0.1, 0.15) is 5.82 Å². The molecule has 3 nitrogen and oxygen atoms in total. The number of nitrogens with zero attached hydrogens (tertiary/aromatic N) is 1. The molecular formula is C14H21BrN2O. The number of nitrogens with one attached hydrogen (secondary N) is 1. The summed E-state index contributed by atoms with van der Waals surface area (Å²) in [5, 5.41) is 3.53. The van der Waals surface area contributed by atoms with Gasteiger partial charge in [-0.25, -0.2) is 4.98 Å². The molecular weight excluding hydrogens is 292 g/mol. The van der Waals surface area contributed by atoms with Crippen molar-refractivity contribution < 1.29 is 4.74 Å². The van der Waals surface area contributed by atoms with Gasteiger partial charge in [0.05, 0.1) is 10.1 Å². The SMILES string of the molecule is CCC1(CC)CC(Nc2ncccc2Br)CCO1. The molecule has 1 N–H and O–H groups in total. The van der Waals surface area contributed by atoms with Crippen LogP contribution >= 0.6 is 15.9 Å². The van der Waals surface area contributed by atoms with Crippen LogP contribution in [-0.4, -0.2) is 23.2 Å². The van der Waals surface area contributed by atoms with Crippen LogP contribution in [0.1, 0.15) is 39.5 Å². The van der Waals surface area contributed by atoms with E-state index < -0.39 is 0 Å². The summed E-state index contributed by atoms with van der Waals surface area (Å²) in [4.78, 5) is 4.37. The second-order valence-electron chi connectivity index (χ2n) is 4.91. The van der Waals surface area contributed by atoms with Crippen LogP contribution in [0.15, 0.2) is 22.8 Å². The van der Waals surface area contributed by atoms with Crippen molar-refractivity contribution in [2.24, 2.45) is 0 Å². The quantitative estimate of drug-likeness (QED) is 0.912. The maximum absolute atomic E-state index is 5.99. The van der Waals surface area contributed by atoms with Crippen molar-refractivity contribution in [1.82, 2.24) is 4.98 Å². The molecule has 1 aliphatic rings. The third-order valence-electron chi connectivity index (χ3n) is 3.88. The Morgan fingerprint density at radius 3 is 2.94 bits per heavy atom. The fourth-order valence-electron chi connectivity index (χ4n) is 2.58. The summed E-state index contributed by atoms with van der Waals surface area (Å²) < 4.78 is 7.01. The van der Waals surface area contributed by atoms with Crippen molar-refractivity contribution in [3.8, 4) is 0 Å². The van der Waals surface area contributed by atoms with Crippen LogP contribution in [0.3, 0.4) is 0 Å². The molecule has 0 aliphatic carbocycles. The van der Waals surface area contributed by atoms with Gasteiger partial charge in [-0.1, -0.05) is 13.8 Å². The molecule has 1 aromatic rings. The highest BCUT2D eigenvalue weighted by Gasteiger charge is 2.34. The van der Waals surface area contributed by atoms with E-state index in [0.29, 0.717) is 6.04 Å². The molecule has 0 radical (unpaired) electrons. The molecule has 4 heteroatoms. The summed E-state index contributed by atoms with van der Waals surface area (Å²) in [7, 11) is 0. The Morgan fingerprint density at radius 2 is 2.28 bits per heavy atom. The van der Waals surface area contributed by atoms with Crippen LogP contribution in [0.5, 0.6) is 0 Å². The van der Waals surface area contributed by atoms with E-state index in [1.54, 1.807) is 0 Å². The lowest BCUT2D eigenvalue weighted by Gasteiger charge is -2.40. The van der Waals surface area contributed by atoms with Crippen LogP contribution in [-0.2, 0) is 4.74 Å². The highest BCUT2D eigenvalue weighted by Crippen LogP contribution is 2.33. The number of aromatic nitrogens is 1. The normalized spacial score (nSPS) is 22.7. The molecule has 0 spiro atoms. The lowest BCUT2D eigenvalue weighted by atomic mass is 9.86. The minimum absolute atomic E-state index is 0.0528. The first-order valence-corrected chi connectivity index (χ1v) is 7.49. The monoisotopic (exact) mass is 312 g/mol. The van der Waals surface area contributed by atoms with Gasteiger partial charge in [0.2, 0.25) is 0 Å². The van der Waals surface area contributed by atoms with Gasteiger partial charge in [0.25, 0.3) is 0 Å². The van der Waals surface area contributed by atoms with E-state index in [9.17, 15) is 0 Å². The fourth-order valence-corrected chi connectivity index (χ4v) is 2.95. The van der Waals surface area contributed by atoms with Crippen LogP contribution < -0.4 is 5.32 Å². The molecule has 0 bridgehead atoms. The minimum atomic E-state index is 0.0528. The zero-order chi connectivity index (χ0) is 13.0. The number of ether oxygens (including phenoxy) is 1. The lowest BCUT2D eigenvalue weighted by molar-refractivity contribution is -0.0864. The van der Waals surface area contributed by atoms with E-state index >= 15 is 0 Å². The Kier molecular flexibility index (Phi) is 4.62. The molecule has 1 aliphatic heterocycles. The summed E-state index contributed by atoms with van der Waals surface area (Å²) in [6, 6.07) is 4.40. The van der Waals surface area contributed by atoms with Gasteiger partial charge < -0.3 is 10.1 Å². The van der Waals surface area contributed by atoms with E-state index in [4.69, 9.17) is 4.74 Å². The van der Waals surface area contributed by atoms with Gasteiger partial charge in [-0.3, -0.25) is 0 Å². The summed E-state index contributed by atoms with van der Waals surface area (Å²) in [5.74, 6) is 0.936. The number of rotatable bonds is 4. The zero-order valence-electron chi connectivity index (χ0n) is 11.1. The summed E-state index contributed by atoms with van der Waals surface area (Å²) in [6.45, 7) is 5.26. The molecule has 1 saturated heterocycles. The number of halogens is 1. The van der Waals surface area contributed by atoms with Crippen LogP contribution in [0.25, 0.3) is 0 Å². The predicted molar refractivity (Wildman–Crippen MR) is 77.8 cm³/mol. The van der Waals surface area contributed by atoms with Crippen molar-refractivity contribution in [3.63, 3.8) is 0 Å². The van der Waals surface area contributed by atoms with E-state index in [1.165, 1.54) is 0 Å². The van der Waals surface area contributed by atoms with Crippen molar-refractivity contribution in [3.05, 3.63) is 22.8 Å². The third-order valence-corrected chi connectivity index (χ3v) is 4.52. The lowest BCUT2D eigenvalue weighted by Crippen LogP contribution is -2.43. The first-order chi connectivity index (χ1) is 8.69. The summed E-state index contributed by atoms with van der Waals surface area (Å²) in [5.41, 5.74) is 0.0528. The fraction of sp³-hybridized carbons (Fsp3) is 0.643. The van der Waals surface area contributed by atoms with Crippen molar-refractivity contribution in [2.75, 3.05) is 11.9 Å². The highest BCUT2D eigenvalue weighted by molar-refractivity contribution is 9.10. The predicted octanol–water partition coefficient (Wildman–Crippen LogP) is 3.99. The van der Waals surface area contributed by atoms with E-state index in [1.807, 2.05) is 18.3 Å². The van der Waals surface area contributed by atoms with Gasteiger partial charge in [-0.05, 0) is 53.7 Å². The average molecular weight is 313 g/mol. The molecule has 1 aromatic heterocycles. The number of anilines is 1. The van der Waals surface area contributed by atoms with E-state index in [2.05, 4.69) is 40.1 Å². The molecule has 2 heterocycles. The smallest absolute Gasteiger partial charge is 0.140 e. The Hall–Kier alpha value is -0.610. The molecule has 0 aromatic carbocycles.